The quantitative estimate of drug-likeness (QED) is 0.151. The van der Waals surface area contributed by atoms with Crippen LogP contribution in [0.1, 0.15) is 22.0 Å². The minimum Gasteiger partial charge on any atom is -0.504 e. The standard InChI is InChI=1S/C27H22N4O11S/c28-27(40)42-8-12-10-43-25-19(24(37)31(25)20(12)26(38)39)30-23(36)18(11-4-2-1-3-5-11)29-22(35)14-9-41-17-7-16(33)15(32)6-13(17)21(14)34/h1-7,9,18-19,25,32-33H,8,10H2,(H2,28,40)(H,29,35)(H,30,36)(H,38,39)/t18?,19-,25+/m1/s1. The molecule has 2 aliphatic heterocycles. The van der Waals surface area contributed by atoms with Crippen LogP contribution in [0.5, 0.6) is 11.5 Å². The number of nitrogens with two attached hydrogens (primary N) is 1. The van der Waals surface area contributed by atoms with Crippen LogP contribution in [0.2, 0.25) is 0 Å². The number of fused-ring (bicyclic) bond motifs is 2. The summed E-state index contributed by atoms with van der Waals surface area (Å²) < 4.78 is 9.99. The number of rotatable bonds is 8. The Morgan fingerprint density at radius 2 is 1.81 bits per heavy atom. The molecule has 4 amide bonds. The number of carboxylic acids is 1. The van der Waals surface area contributed by atoms with Crippen molar-refractivity contribution in [2.45, 2.75) is 17.5 Å². The van der Waals surface area contributed by atoms with Crippen molar-refractivity contribution in [3.63, 3.8) is 0 Å². The van der Waals surface area contributed by atoms with Crippen LogP contribution in [0, 0.1) is 0 Å². The number of primary amides is 1. The molecule has 0 saturated carbocycles. The van der Waals surface area contributed by atoms with Gasteiger partial charge in [-0.1, -0.05) is 30.3 Å². The van der Waals surface area contributed by atoms with Crippen molar-refractivity contribution < 1.29 is 48.4 Å². The number of phenolic OH excluding ortho intramolecular Hbond substituents is 2. The van der Waals surface area contributed by atoms with Crippen LogP contribution in [0.4, 0.5) is 4.79 Å². The smallest absolute Gasteiger partial charge is 0.404 e. The van der Waals surface area contributed by atoms with Crippen LogP contribution in [0.3, 0.4) is 0 Å². The zero-order valence-corrected chi connectivity index (χ0v) is 22.6. The molecule has 0 bridgehead atoms. The number of carbonyl (C=O) groups excluding carboxylic acids is 4. The third-order valence-corrected chi connectivity index (χ3v) is 8.06. The molecule has 7 N–H and O–H groups in total. The summed E-state index contributed by atoms with van der Waals surface area (Å²) in [5.41, 5.74) is 3.61. The van der Waals surface area contributed by atoms with E-state index in [0.29, 0.717) is 5.56 Å². The number of thioether (sulfide) groups is 1. The van der Waals surface area contributed by atoms with Gasteiger partial charge in [0.05, 0.1) is 5.39 Å². The van der Waals surface area contributed by atoms with Gasteiger partial charge in [-0.25, -0.2) is 9.59 Å². The van der Waals surface area contributed by atoms with Crippen LogP contribution < -0.4 is 21.8 Å². The van der Waals surface area contributed by atoms with Crippen molar-refractivity contribution in [3.8, 4) is 11.5 Å². The van der Waals surface area contributed by atoms with E-state index in [1.165, 1.54) is 12.1 Å². The number of aromatic hydroxyl groups is 2. The van der Waals surface area contributed by atoms with Gasteiger partial charge in [0.1, 0.15) is 47.2 Å². The third-order valence-electron chi connectivity index (χ3n) is 6.72. The van der Waals surface area contributed by atoms with Gasteiger partial charge in [0.15, 0.2) is 11.5 Å². The topological polar surface area (TPSA) is 239 Å². The number of aliphatic carboxylic acids is 1. The molecular formula is C27H22N4O11S. The van der Waals surface area contributed by atoms with Gasteiger partial charge in [0.25, 0.3) is 11.8 Å². The van der Waals surface area contributed by atoms with Crippen molar-refractivity contribution in [2.24, 2.45) is 5.73 Å². The molecular weight excluding hydrogens is 588 g/mol. The summed E-state index contributed by atoms with van der Waals surface area (Å²) in [6.07, 6.45) is -0.265. The molecule has 2 aromatic carbocycles. The van der Waals surface area contributed by atoms with E-state index in [9.17, 15) is 44.1 Å². The second-order valence-corrected chi connectivity index (χ2v) is 10.5. The van der Waals surface area contributed by atoms with Crippen LogP contribution in [-0.2, 0) is 19.1 Å². The Morgan fingerprint density at radius 1 is 1.12 bits per heavy atom. The monoisotopic (exact) mass is 610 g/mol. The number of amides is 4. The largest absolute Gasteiger partial charge is 0.504 e. The van der Waals surface area contributed by atoms with E-state index in [1.54, 1.807) is 18.2 Å². The molecule has 1 aromatic heterocycles. The van der Waals surface area contributed by atoms with Gasteiger partial charge < -0.3 is 40.8 Å². The van der Waals surface area contributed by atoms with Gasteiger partial charge in [-0.2, -0.15) is 0 Å². The molecule has 3 atom stereocenters. The van der Waals surface area contributed by atoms with Gasteiger partial charge in [-0.15, -0.1) is 11.8 Å². The molecule has 1 saturated heterocycles. The summed E-state index contributed by atoms with van der Waals surface area (Å²) >= 11 is 1.13. The molecule has 43 heavy (non-hydrogen) atoms. The van der Waals surface area contributed by atoms with E-state index < -0.39 is 76.3 Å². The maximum absolute atomic E-state index is 13.5. The number of carboxylic acid groups (broad SMARTS) is 1. The first-order chi connectivity index (χ1) is 20.5. The fraction of sp³-hybridized carbons (Fsp3) is 0.185. The summed E-state index contributed by atoms with van der Waals surface area (Å²) in [7, 11) is 0. The number of hydrogen-bond acceptors (Lipinski definition) is 11. The first-order valence-corrected chi connectivity index (χ1v) is 13.5. The summed E-state index contributed by atoms with van der Waals surface area (Å²) in [5, 5.41) is 33.2. The van der Waals surface area contributed by atoms with Gasteiger partial charge in [-0.05, 0) is 11.6 Å². The predicted molar refractivity (Wildman–Crippen MR) is 148 cm³/mol. The van der Waals surface area contributed by atoms with Crippen LogP contribution in [0.25, 0.3) is 11.0 Å². The van der Waals surface area contributed by atoms with Gasteiger partial charge in [0.2, 0.25) is 11.3 Å². The zero-order chi connectivity index (χ0) is 31.0. The molecule has 15 nitrogen and oxygen atoms in total. The lowest BCUT2D eigenvalue weighted by Crippen LogP contribution is -2.71. The Balaban J connectivity index is 1.38. The normalized spacial score (nSPS) is 18.3. The zero-order valence-electron chi connectivity index (χ0n) is 21.8. The maximum atomic E-state index is 13.5. The highest BCUT2D eigenvalue weighted by atomic mass is 32.2. The Bertz CT molecular complexity index is 1770. The van der Waals surface area contributed by atoms with Crippen molar-refractivity contribution in [2.75, 3.05) is 12.4 Å². The molecule has 3 aromatic rings. The van der Waals surface area contributed by atoms with Gasteiger partial charge in [-0.3, -0.25) is 24.1 Å². The number of phenols is 2. The number of carbonyl (C=O) groups is 5. The first kappa shape index (κ1) is 29.0. The molecule has 3 heterocycles. The summed E-state index contributed by atoms with van der Waals surface area (Å²) in [6, 6.07) is 7.35. The molecule has 0 spiro atoms. The predicted octanol–water partition coefficient (Wildman–Crippen LogP) is 0.509. The first-order valence-electron chi connectivity index (χ1n) is 12.4. The van der Waals surface area contributed by atoms with E-state index in [1.807, 2.05) is 0 Å². The van der Waals surface area contributed by atoms with Crippen molar-refractivity contribution >= 4 is 52.5 Å². The number of hydrogen-bond donors (Lipinski definition) is 6. The second kappa shape index (κ2) is 11.4. The van der Waals surface area contributed by atoms with E-state index in [2.05, 4.69) is 10.6 Å². The highest BCUT2D eigenvalue weighted by Gasteiger charge is 2.54. The molecule has 0 radical (unpaired) electrons. The van der Waals surface area contributed by atoms with E-state index in [0.717, 1.165) is 35.1 Å². The Labute approximate surface area is 244 Å². The Kier molecular flexibility index (Phi) is 7.69. The Hall–Kier alpha value is -5.51. The molecule has 5 rings (SSSR count). The number of nitrogens with one attached hydrogen (secondary N) is 2. The number of β-lactam (4-membered cyclic amide) rings is 1. The van der Waals surface area contributed by atoms with Crippen molar-refractivity contribution in [1.82, 2.24) is 15.5 Å². The average molecular weight is 611 g/mol. The molecule has 1 fully saturated rings. The summed E-state index contributed by atoms with van der Waals surface area (Å²) in [5.74, 6) is -5.07. The lowest BCUT2D eigenvalue weighted by molar-refractivity contribution is -0.151. The molecule has 1 unspecified atom stereocenters. The van der Waals surface area contributed by atoms with E-state index >= 15 is 0 Å². The molecule has 2 aliphatic rings. The third kappa shape index (κ3) is 5.42. The molecule has 0 aliphatic carbocycles. The fourth-order valence-corrected chi connectivity index (χ4v) is 5.98. The van der Waals surface area contributed by atoms with Crippen LogP contribution >= 0.6 is 11.8 Å². The minimum absolute atomic E-state index is 0.0691. The Morgan fingerprint density at radius 3 is 2.49 bits per heavy atom. The van der Waals surface area contributed by atoms with Crippen molar-refractivity contribution in [3.05, 3.63) is 81.3 Å². The lowest BCUT2D eigenvalue weighted by Gasteiger charge is -2.49. The molecule has 16 heteroatoms. The highest BCUT2D eigenvalue weighted by Crippen LogP contribution is 2.40. The fourth-order valence-electron chi connectivity index (χ4n) is 4.65. The van der Waals surface area contributed by atoms with Gasteiger partial charge in [0, 0.05) is 17.4 Å². The SMILES string of the molecule is NC(=O)OCC1=C(C(=O)O)N2C(=O)[C@@H](NC(=O)C(NC(=O)c3coc4cc(O)c(O)cc4c3=O)c3ccccc3)[C@@H]2SC1. The maximum Gasteiger partial charge on any atom is 0.404 e. The highest BCUT2D eigenvalue weighted by molar-refractivity contribution is 8.00. The number of ether oxygens (including phenoxy) is 1. The van der Waals surface area contributed by atoms with Gasteiger partial charge >= 0.3 is 12.1 Å². The average Bonchev–Trinajstić information content (AvgIpc) is 2.98. The number of benzene rings is 2. The summed E-state index contributed by atoms with van der Waals surface area (Å²) in [4.78, 5) is 76.7. The minimum atomic E-state index is -1.43. The number of nitrogens with zero attached hydrogens (tertiary/aromatic N) is 1. The summed E-state index contributed by atoms with van der Waals surface area (Å²) in [6.45, 7) is -0.427. The molecule has 222 valence electrons. The van der Waals surface area contributed by atoms with E-state index in [4.69, 9.17) is 14.9 Å². The second-order valence-electron chi connectivity index (χ2n) is 9.39. The van der Waals surface area contributed by atoms with Crippen LogP contribution in [-0.4, -0.2) is 73.8 Å². The van der Waals surface area contributed by atoms with Crippen LogP contribution in [0.15, 0.2) is 69.2 Å². The van der Waals surface area contributed by atoms with E-state index in [-0.39, 0.29) is 28.0 Å². The lowest BCUT2D eigenvalue weighted by atomic mass is 10.0. The van der Waals surface area contributed by atoms with Crippen molar-refractivity contribution in [1.29, 1.82) is 0 Å².